The molecular formula is C18H16O3. The van der Waals surface area contributed by atoms with Gasteiger partial charge in [0.15, 0.2) is 11.4 Å². The molecular weight excluding hydrogens is 264 g/mol. The summed E-state index contributed by atoms with van der Waals surface area (Å²) in [5.41, 5.74) is 1.52. The minimum Gasteiger partial charge on any atom is -0.392 e. The lowest BCUT2D eigenvalue weighted by atomic mass is 9.72. The number of benzene rings is 2. The molecule has 1 aliphatic carbocycles. The number of carbonyl (C=O) groups is 1. The van der Waals surface area contributed by atoms with Crippen LogP contribution in [-0.4, -0.2) is 22.6 Å². The summed E-state index contributed by atoms with van der Waals surface area (Å²) in [6, 6.07) is 14.6. The summed E-state index contributed by atoms with van der Waals surface area (Å²) in [5.74, 6) is -0.341. The van der Waals surface area contributed by atoms with Crippen LogP contribution in [0.5, 0.6) is 0 Å². The number of hydrogen-bond acceptors (Lipinski definition) is 3. The van der Waals surface area contributed by atoms with Crippen molar-refractivity contribution < 1.29 is 15.0 Å². The van der Waals surface area contributed by atoms with Gasteiger partial charge in [-0.1, -0.05) is 55.1 Å². The molecule has 1 unspecified atom stereocenters. The second-order valence-corrected chi connectivity index (χ2v) is 5.37. The largest absolute Gasteiger partial charge is 0.392 e. The van der Waals surface area contributed by atoms with Gasteiger partial charge in [0.1, 0.15) is 0 Å². The Hall–Kier alpha value is -2.23. The van der Waals surface area contributed by atoms with Crippen LogP contribution < -0.4 is 0 Å². The first kappa shape index (κ1) is 13.7. The second-order valence-electron chi connectivity index (χ2n) is 5.37. The highest BCUT2D eigenvalue weighted by atomic mass is 16.3. The molecule has 0 fully saturated rings. The van der Waals surface area contributed by atoms with Gasteiger partial charge in [-0.2, -0.15) is 0 Å². The number of ketones is 1. The van der Waals surface area contributed by atoms with Gasteiger partial charge in [0.2, 0.25) is 0 Å². The molecule has 3 heteroatoms. The number of hydrogen-bond donors (Lipinski definition) is 2. The maximum atomic E-state index is 12.8. The Bertz CT molecular complexity index is 733. The van der Waals surface area contributed by atoms with Gasteiger partial charge in [-0.3, -0.25) is 4.79 Å². The Morgan fingerprint density at radius 1 is 1.00 bits per heavy atom. The summed E-state index contributed by atoms with van der Waals surface area (Å²) >= 11 is 0. The molecule has 3 nitrogen and oxygen atoms in total. The summed E-state index contributed by atoms with van der Waals surface area (Å²) in [6.45, 7) is 3.46. The summed E-state index contributed by atoms with van der Waals surface area (Å²) in [4.78, 5) is 12.8. The molecule has 0 aromatic heterocycles. The van der Waals surface area contributed by atoms with Gasteiger partial charge in [-0.25, -0.2) is 0 Å². The van der Waals surface area contributed by atoms with Gasteiger partial charge in [-0.15, -0.1) is 0 Å². The van der Waals surface area contributed by atoms with Crippen LogP contribution in [0.1, 0.15) is 22.3 Å². The number of rotatable bonds is 3. The van der Waals surface area contributed by atoms with Crippen LogP contribution in [0.25, 0.3) is 11.1 Å². The van der Waals surface area contributed by atoms with E-state index in [1.165, 1.54) is 0 Å². The third kappa shape index (κ3) is 2.02. The lowest BCUT2D eigenvalue weighted by molar-refractivity contribution is 0.0282. The molecule has 1 aliphatic rings. The Morgan fingerprint density at radius 2 is 1.57 bits per heavy atom. The number of fused-ring (bicyclic) bond motifs is 3. The molecule has 106 valence electrons. The number of aliphatic hydroxyl groups is 2. The predicted molar refractivity (Wildman–Crippen MR) is 80.9 cm³/mol. The molecule has 0 aliphatic heterocycles. The van der Waals surface area contributed by atoms with Crippen LogP contribution in [0.4, 0.5) is 0 Å². The Morgan fingerprint density at radius 3 is 2.24 bits per heavy atom. The molecule has 0 amide bonds. The van der Waals surface area contributed by atoms with Gasteiger partial charge in [0, 0.05) is 12.0 Å². The van der Waals surface area contributed by atoms with E-state index >= 15 is 0 Å². The van der Waals surface area contributed by atoms with Crippen molar-refractivity contribution in [3.63, 3.8) is 0 Å². The van der Waals surface area contributed by atoms with Crippen LogP contribution in [-0.2, 0) is 5.60 Å². The molecule has 3 rings (SSSR count). The van der Waals surface area contributed by atoms with E-state index in [4.69, 9.17) is 0 Å². The van der Waals surface area contributed by atoms with E-state index in [-0.39, 0.29) is 18.8 Å². The predicted octanol–water partition coefficient (Wildman–Crippen LogP) is 2.68. The van der Waals surface area contributed by atoms with E-state index in [2.05, 4.69) is 6.58 Å². The van der Waals surface area contributed by atoms with Crippen LogP contribution in [0.3, 0.4) is 0 Å². The zero-order chi connectivity index (χ0) is 15.0. The first-order chi connectivity index (χ1) is 10.1. The first-order valence-corrected chi connectivity index (χ1v) is 6.81. The van der Waals surface area contributed by atoms with Crippen molar-refractivity contribution in [1.29, 1.82) is 0 Å². The molecule has 0 saturated heterocycles. The fraction of sp³-hybridized carbons (Fsp3) is 0.167. The third-order valence-electron chi connectivity index (χ3n) is 3.94. The number of carbonyl (C=O) groups excluding carboxylic acids is 1. The van der Waals surface area contributed by atoms with Crippen molar-refractivity contribution in [3.8, 4) is 11.1 Å². The maximum Gasteiger partial charge on any atom is 0.199 e. The van der Waals surface area contributed by atoms with Crippen molar-refractivity contribution in [2.24, 2.45) is 0 Å². The summed E-state index contributed by atoms with van der Waals surface area (Å²) in [6.07, 6.45) is 0.0215. The fourth-order valence-electron chi connectivity index (χ4n) is 2.93. The van der Waals surface area contributed by atoms with Gasteiger partial charge in [0.05, 0.1) is 6.61 Å². The Kier molecular flexibility index (Phi) is 3.24. The Labute approximate surface area is 123 Å². The van der Waals surface area contributed by atoms with Crippen molar-refractivity contribution in [1.82, 2.24) is 0 Å². The third-order valence-corrected chi connectivity index (χ3v) is 3.94. The molecule has 0 radical (unpaired) electrons. The van der Waals surface area contributed by atoms with E-state index in [0.717, 1.165) is 11.1 Å². The number of aliphatic hydroxyl groups excluding tert-OH is 1. The summed E-state index contributed by atoms with van der Waals surface area (Å²) in [7, 11) is 0. The molecule has 0 saturated carbocycles. The molecule has 21 heavy (non-hydrogen) atoms. The first-order valence-electron chi connectivity index (χ1n) is 6.81. The highest BCUT2D eigenvalue weighted by molar-refractivity contribution is 6.11. The van der Waals surface area contributed by atoms with Gasteiger partial charge in [0.25, 0.3) is 0 Å². The monoisotopic (exact) mass is 280 g/mol. The summed E-state index contributed by atoms with van der Waals surface area (Å²) in [5, 5.41) is 20.2. The zero-order valence-corrected chi connectivity index (χ0v) is 11.5. The van der Waals surface area contributed by atoms with Gasteiger partial charge >= 0.3 is 0 Å². The maximum absolute atomic E-state index is 12.8. The summed E-state index contributed by atoms with van der Waals surface area (Å²) < 4.78 is 0. The minimum atomic E-state index is -1.66. The Balaban J connectivity index is 2.25. The molecule has 1 atom stereocenters. The second kappa shape index (κ2) is 4.95. The highest BCUT2D eigenvalue weighted by Crippen LogP contribution is 2.44. The normalized spacial score (nSPS) is 19.8. The lowest BCUT2D eigenvalue weighted by Gasteiger charge is -2.34. The van der Waals surface area contributed by atoms with E-state index in [1.54, 1.807) is 24.3 Å². The molecule has 2 aromatic rings. The van der Waals surface area contributed by atoms with Crippen molar-refractivity contribution in [2.75, 3.05) is 6.61 Å². The standard InChI is InChI=1S/C18H16O3/c1-12(11-19)10-18(21)16-9-5-4-7-14(16)13-6-2-3-8-15(13)17(18)20/h2-9,19,21H,1,10-11H2. The van der Waals surface area contributed by atoms with Crippen molar-refractivity contribution in [2.45, 2.75) is 12.0 Å². The molecule has 0 spiro atoms. The fourth-order valence-corrected chi connectivity index (χ4v) is 2.93. The zero-order valence-electron chi connectivity index (χ0n) is 11.5. The van der Waals surface area contributed by atoms with E-state index in [0.29, 0.717) is 16.7 Å². The average Bonchev–Trinajstić information content (AvgIpc) is 2.53. The highest BCUT2D eigenvalue weighted by Gasteiger charge is 2.44. The van der Waals surface area contributed by atoms with Crippen LogP contribution in [0.2, 0.25) is 0 Å². The SMILES string of the molecule is C=C(CO)CC1(O)C(=O)c2ccccc2-c2ccccc21. The van der Waals surface area contributed by atoms with Gasteiger partial charge < -0.3 is 10.2 Å². The molecule has 2 aromatic carbocycles. The molecule has 0 heterocycles. The van der Waals surface area contributed by atoms with E-state index < -0.39 is 5.60 Å². The van der Waals surface area contributed by atoms with E-state index in [9.17, 15) is 15.0 Å². The topological polar surface area (TPSA) is 57.5 Å². The number of Topliss-reactive ketones (excluding diaryl/α,β-unsaturated/α-hetero) is 1. The van der Waals surface area contributed by atoms with E-state index in [1.807, 2.05) is 24.3 Å². The van der Waals surface area contributed by atoms with Gasteiger partial charge in [-0.05, 0) is 22.3 Å². The van der Waals surface area contributed by atoms with Crippen LogP contribution in [0, 0.1) is 0 Å². The minimum absolute atomic E-state index is 0.0215. The van der Waals surface area contributed by atoms with Crippen LogP contribution in [0.15, 0.2) is 60.7 Å². The quantitative estimate of drug-likeness (QED) is 0.850. The van der Waals surface area contributed by atoms with Crippen molar-refractivity contribution >= 4 is 5.78 Å². The average molecular weight is 280 g/mol. The van der Waals surface area contributed by atoms with Crippen LogP contribution >= 0.6 is 0 Å². The van der Waals surface area contributed by atoms with Crippen molar-refractivity contribution in [3.05, 3.63) is 71.8 Å². The smallest absolute Gasteiger partial charge is 0.199 e. The molecule has 0 bridgehead atoms. The molecule has 2 N–H and O–H groups in total. The lowest BCUT2D eigenvalue weighted by Crippen LogP contribution is -2.39.